The number of fused-ring (bicyclic) bond motifs is 1. The minimum Gasteiger partial charge on any atom is -0.476 e. The molecule has 1 amide bonds. The van der Waals surface area contributed by atoms with E-state index in [1.54, 1.807) is 24.3 Å². The number of carboxylic acid groups (broad SMARTS) is 1. The van der Waals surface area contributed by atoms with E-state index < -0.39 is 14.6 Å². The van der Waals surface area contributed by atoms with Crippen LogP contribution in [0.25, 0.3) is 0 Å². The number of aliphatic carboxylic acids is 1. The van der Waals surface area contributed by atoms with Crippen molar-refractivity contribution in [1.82, 2.24) is 4.90 Å². The molecule has 0 radical (unpaired) electrons. The second kappa shape index (κ2) is 7.52. The largest absolute Gasteiger partial charge is 0.530 e. The molecule has 28 heavy (non-hydrogen) atoms. The van der Waals surface area contributed by atoms with Gasteiger partial charge in [-0.3, -0.25) is 9.69 Å². The van der Waals surface area contributed by atoms with Gasteiger partial charge in [0.25, 0.3) is 0 Å². The van der Waals surface area contributed by atoms with Crippen LogP contribution in [0.5, 0.6) is 11.5 Å². The first kappa shape index (κ1) is 18.3. The fourth-order valence-electron chi connectivity index (χ4n) is 3.25. The van der Waals surface area contributed by atoms with Gasteiger partial charge in [0.15, 0.2) is 5.70 Å². The van der Waals surface area contributed by atoms with Crippen molar-refractivity contribution in [2.24, 2.45) is 5.92 Å². The number of hydrogen-bond acceptors (Lipinski definition) is 5. The van der Waals surface area contributed by atoms with Gasteiger partial charge in [-0.2, -0.15) is 0 Å². The Bertz CT molecular complexity index is 875. The standard InChI is InChI=1S/C20H18NO6P/c1-13-16-12-17(22)21(16)18(20(23)24)19(13)27-28(25-14-8-4-2-5-9-14)26-15-10-6-3-7-11-15/h2-11,13,16H,12H2,1H3,(H,23,24). The highest BCUT2D eigenvalue weighted by molar-refractivity contribution is 7.42. The molecule has 0 spiro atoms. The van der Waals surface area contributed by atoms with Crippen molar-refractivity contribution >= 4 is 20.5 Å². The number of amides is 1. The fourth-order valence-corrected chi connectivity index (χ4v) is 4.36. The van der Waals surface area contributed by atoms with Gasteiger partial charge in [0, 0.05) is 12.3 Å². The van der Waals surface area contributed by atoms with Crippen molar-refractivity contribution in [2.45, 2.75) is 19.4 Å². The fraction of sp³-hybridized carbons (Fsp3) is 0.200. The molecule has 2 unspecified atom stereocenters. The molecule has 4 rings (SSSR count). The lowest BCUT2D eigenvalue weighted by atomic mass is 9.93. The first-order valence-electron chi connectivity index (χ1n) is 8.78. The molecule has 2 heterocycles. The molecular weight excluding hydrogens is 381 g/mol. The van der Waals surface area contributed by atoms with Gasteiger partial charge in [0.2, 0.25) is 5.91 Å². The number of carbonyl (C=O) groups excluding carboxylic acids is 1. The van der Waals surface area contributed by atoms with E-state index >= 15 is 0 Å². The molecule has 2 aliphatic heterocycles. The molecule has 2 aliphatic rings. The van der Waals surface area contributed by atoms with Gasteiger partial charge in [0.1, 0.15) is 17.3 Å². The molecular formula is C20H18NO6P. The molecule has 1 N–H and O–H groups in total. The molecule has 2 aromatic rings. The second-order valence-electron chi connectivity index (χ2n) is 6.47. The summed E-state index contributed by atoms with van der Waals surface area (Å²) in [6, 6.07) is 17.8. The van der Waals surface area contributed by atoms with Gasteiger partial charge >= 0.3 is 14.6 Å². The maximum absolute atomic E-state index is 11.9. The third-order valence-electron chi connectivity index (χ3n) is 4.67. The zero-order chi connectivity index (χ0) is 19.7. The Morgan fingerprint density at radius 1 is 1.00 bits per heavy atom. The number of benzene rings is 2. The van der Waals surface area contributed by atoms with Crippen LogP contribution in [-0.4, -0.2) is 27.9 Å². The number of β-lactam (4-membered cyclic amide) rings is 1. The van der Waals surface area contributed by atoms with E-state index in [-0.39, 0.29) is 29.3 Å². The predicted molar refractivity (Wildman–Crippen MR) is 101 cm³/mol. The van der Waals surface area contributed by atoms with Crippen LogP contribution in [0.15, 0.2) is 72.1 Å². The van der Waals surface area contributed by atoms with Crippen molar-refractivity contribution in [3.8, 4) is 11.5 Å². The van der Waals surface area contributed by atoms with Crippen LogP contribution in [0, 0.1) is 5.92 Å². The van der Waals surface area contributed by atoms with Gasteiger partial charge in [-0.25, -0.2) is 4.79 Å². The topological polar surface area (TPSA) is 85.3 Å². The average Bonchev–Trinajstić information content (AvgIpc) is 2.91. The predicted octanol–water partition coefficient (Wildman–Crippen LogP) is 3.93. The average molecular weight is 399 g/mol. The summed E-state index contributed by atoms with van der Waals surface area (Å²) in [5.41, 5.74) is -0.130. The van der Waals surface area contributed by atoms with E-state index in [9.17, 15) is 14.7 Å². The van der Waals surface area contributed by atoms with Crippen molar-refractivity contribution in [3.63, 3.8) is 0 Å². The van der Waals surface area contributed by atoms with Crippen molar-refractivity contribution in [1.29, 1.82) is 0 Å². The zero-order valence-corrected chi connectivity index (χ0v) is 15.9. The number of hydrogen-bond donors (Lipinski definition) is 1. The zero-order valence-electron chi connectivity index (χ0n) is 15.0. The minimum absolute atomic E-state index is 0.130. The SMILES string of the molecule is CC1C(OP(Oc2ccccc2)Oc2ccccc2)=C(C(=O)O)N2C(=O)CC12. The maximum Gasteiger partial charge on any atom is 0.530 e. The third kappa shape index (κ3) is 3.41. The van der Waals surface area contributed by atoms with E-state index in [2.05, 4.69) is 0 Å². The maximum atomic E-state index is 11.9. The van der Waals surface area contributed by atoms with Crippen molar-refractivity contribution in [2.75, 3.05) is 0 Å². The molecule has 0 aromatic heterocycles. The number of nitrogens with zero attached hydrogens (tertiary/aromatic N) is 1. The molecule has 0 aliphatic carbocycles. The van der Waals surface area contributed by atoms with E-state index in [0.29, 0.717) is 17.9 Å². The Labute approximate surface area is 163 Å². The van der Waals surface area contributed by atoms with Crippen LogP contribution in [0.4, 0.5) is 0 Å². The van der Waals surface area contributed by atoms with Gasteiger partial charge in [0.05, 0.1) is 6.04 Å². The minimum atomic E-state index is -1.99. The van der Waals surface area contributed by atoms with Crippen LogP contribution in [0.1, 0.15) is 13.3 Å². The Balaban J connectivity index is 1.63. The van der Waals surface area contributed by atoms with Crippen molar-refractivity contribution in [3.05, 3.63) is 72.1 Å². The molecule has 7 nitrogen and oxygen atoms in total. The molecule has 144 valence electrons. The first-order valence-corrected chi connectivity index (χ1v) is 9.88. The molecule has 0 saturated carbocycles. The lowest BCUT2D eigenvalue weighted by molar-refractivity contribution is -0.148. The number of carboxylic acids is 1. The molecule has 2 aromatic carbocycles. The van der Waals surface area contributed by atoms with Gasteiger partial charge in [-0.15, -0.1) is 0 Å². The molecule has 2 atom stereocenters. The Morgan fingerprint density at radius 3 is 2.00 bits per heavy atom. The Hall–Kier alpha value is -3.05. The summed E-state index contributed by atoms with van der Waals surface area (Å²) in [6.45, 7) is 1.84. The van der Waals surface area contributed by atoms with Crippen LogP contribution in [-0.2, 0) is 14.1 Å². The second-order valence-corrected chi connectivity index (χ2v) is 7.46. The summed E-state index contributed by atoms with van der Waals surface area (Å²) in [5.74, 6) is -0.398. The summed E-state index contributed by atoms with van der Waals surface area (Å²) in [7, 11) is -1.99. The lowest BCUT2D eigenvalue weighted by Crippen LogP contribution is -2.51. The number of rotatable bonds is 7. The van der Waals surface area contributed by atoms with Gasteiger partial charge < -0.3 is 18.7 Å². The van der Waals surface area contributed by atoms with Gasteiger partial charge in [-0.1, -0.05) is 43.3 Å². The monoisotopic (exact) mass is 399 g/mol. The summed E-state index contributed by atoms with van der Waals surface area (Å²) in [4.78, 5) is 25.0. The highest BCUT2D eigenvalue weighted by Gasteiger charge is 2.53. The van der Waals surface area contributed by atoms with E-state index in [1.165, 1.54) is 4.90 Å². The third-order valence-corrected chi connectivity index (χ3v) is 5.74. The van der Waals surface area contributed by atoms with Crippen molar-refractivity contribution < 1.29 is 28.3 Å². The number of para-hydroxylation sites is 2. The smallest absolute Gasteiger partial charge is 0.476 e. The van der Waals surface area contributed by atoms with Gasteiger partial charge in [-0.05, 0) is 24.3 Å². The highest BCUT2D eigenvalue weighted by atomic mass is 31.2. The van der Waals surface area contributed by atoms with Crippen LogP contribution in [0.2, 0.25) is 0 Å². The summed E-state index contributed by atoms with van der Waals surface area (Å²) < 4.78 is 17.7. The summed E-state index contributed by atoms with van der Waals surface area (Å²) in [5, 5.41) is 9.63. The quantitative estimate of drug-likeness (QED) is 0.561. The molecule has 0 bridgehead atoms. The number of carbonyl (C=O) groups is 2. The Morgan fingerprint density at radius 2 is 1.54 bits per heavy atom. The Kier molecular flexibility index (Phi) is 4.92. The van der Waals surface area contributed by atoms with Crippen LogP contribution >= 0.6 is 8.60 Å². The summed E-state index contributed by atoms with van der Waals surface area (Å²) >= 11 is 0. The lowest BCUT2D eigenvalue weighted by Gasteiger charge is -2.36. The van der Waals surface area contributed by atoms with E-state index in [0.717, 1.165) is 0 Å². The van der Waals surface area contributed by atoms with E-state index in [4.69, 9.17) is 13.6 Å². The summed E-state index contributed by atoms with van der Waals surface area (Å²) in [6.07, 6.45) is 0.307. The van der Waals surface area contributed by atoms with Crippen LogP contribution < -0.4 is 9.05 Å². The first-order chi connectivity index (χ1) is 13.5. The normalized spacial score (nSPS) is 20.6. The molecule has 1 fully saturated rings. The molecule has 1 saturated heterocycles. The molecule has 8 heteroatoms. The van der Waals surface area contributed by atoms with E-state index in [1.807, 2.05) is 43.3 Å². The highest BCUT2D eigenvalue weighted by Crippen LogP contribution is 2.50. The van der Waals surface area contributed by atoms with Crippen LogP contribution in [0.3, 0.4) is 0 Å².